The predicted octanol–water partition coefficient (Wildman–Crippen LogP) is 7.06. The minimum atomic E-state index is -0.439. The molecule has 1 aliphatic heterocycles. The summed E-state index contributed by atoms with van der Waals surface area (Å²) in [5.41, 5.74) is 4.89. The van der Waals surface area contributed by atoms with E-state index in [1.165, 1.54) is 18.2 Å². The Bertz CT molecular complexity index is 1640. The standard InChI is InChI=1S/C35H39ClN4O4/c1-35(23-42-2)12-10-25(24-4-6-28(36)7-5-24)18-27(35)22-39-14-16-40(17-15-39)29-8-9-31(34(41)43-3)32(20-29)44-30-19-26-11-13-37-33(26)38-21-30/h4-11,13,19-21,27H,12,14-18,22-23H2,1-3H3,(H,37,38). The lowest BCUT2D eigenvalue weighted by atomic mass is 9.67. The smallest absolute Gasteiger partial charge is 0.341 e. The van der Waals surface area contributed by atoms with E-state index in [1.807, 2.05) is 42.6 Å². The number of hydrogen-bond acceptors (Lipinski definition) is 7. The number of aromatic nitrogens is 2. The van der Waals surface area contributed by atoms with Crippen molar-refractivity contribution >= 4 is 39.9 Å². The van der Waals surface area contributed by atoms with E-state index in [0.717, 1.165) is 73.9 Å². The predicted molar refractivity (Wildman–Crippen MR) is 175 cm³/mol. The number of hydrogen-bond donors (Lipinski definition) is 1. The number of nitrogens with zero attached hydrogens (tertiary/aromatic N) is 3. The molecule has 0 amide bonds. The fourth-order valence-electron chi connectivity index (χ4n) is 6.48. The highest BCUT2D eigenvalue weighted by molar-refractivity contribution is 6.30. The molecule has 0 bridgehead atoms. The maximum atomic E-state index is 12.6. The first-order valence-corrected chi connectivity index (χ1v) is 15.5. The van der Waals surface area contributed by atoms with E-state index < -0.39 is 5.97 Å². The lowest BCUT2D eigenvalue weighted by Gasteiger charge is -2.45. The molecule has 44 heavy (non-hydrogen) atoms. The van der Waals surface area contributed by atoms with Gasteiger partial charge in [0.25, 0.3) is 0 Å². The molecule has 0 radical (unpaired) electrons. The summed E-state index contributed by atoms with van der Waals surface area (Å²) in [6, 6.07) is 17.7. The second-order valence-corrected chi connectivity index (χ2v) is 12.5. The fraction of sp³-hybridized carbons (Fsp3) is 0.371. The first-order chi connectivity index (χ1) is 21.3. The maximum absolute atomic E-state index is 12.6. The van der Waals surface area contributed by atoms with Crippen LogP contribution >= 0.6 is 11.6 Å². The van der Waals surface area contributed by atoms with Crippen molar-refractivity contribution in [2.45, 2.75) is 19.8 Å². The van der Waals surface area contributed by atoms with Gasteiger partial charge in [-0.1, -0.05) is 36.7 Å². The van der Waals surface area contributed by atoms with Crippen LogP contribution in [-0.2, 0) is 9.47 Å². The number of carbonyl (C=O) groups is 1. The number of fused-ring (bicyclic) bond motifs is 1. The Hall–Kier alpha value is -3.85. The Morgan fingerprint density at radius 3 is 2.61 bits per heavy atom. The highest BCUT2D eigenvalue weighted by atomic mass is 35.5. The van der Waals surface area contributed by atoms with Gasteiger partial charge in [-0.2, -0.15) is 0 Å². The molecule has 4 aromatic rings. The minimum Gasteiger partial charge on any atom is -0.465 e. The Morgan fingerprint density at radius 1 is 1.07 bits per heavy atom. The van der Waals surface area contributed by atoms with Crippen LogP contribution in [0.25, 0.3) is 16.6 Å². The van der Waals surface area contributed by atoms with E-state index in [9.17, 15) is 4.79 Å². The van der Waals surface area contributed by atoms with Gasteiger partial charge < -0.3 is 24.1 Å². The number of ether oxygens (including phenoxy) is 3. The summed E-state index contributed by atoms with van der Waals surface area (Å²) in [5.74, 6) is 1.04. The highest BCUT2D eigenvalue weighted by Gasteiger charge is 2.38. The number of esters is 1. The van der Waals surface area contributed by atoms with E-state index in [-0.39, 0.29) is 5.41 Å². The number of H-pyrrole nitrogens is 1. The van der Waals surface area contributed by atoms with Gasteiger partial charge in [0, 0.05) is 68.2 Å². The number of methoxy groups -OCH3 is 2. The Balaban J connectivity index is 1.15. The van der Waals surface area contributed by atoms with Crippen LogP contribution < -0.4 is 9.64 Å². The summed E-state index contributed by atoms with van der Waals surface area (Å²) in [6.07, 6.45) is 7.89. The Morgan fingerprint density at radius 2 is 1.86 bits per heavy atom. The number of halogens is 1. The van der Waals surface area contributed by atoms with Crippen LogP contribution in [0.3, 0.4) is 0 Å². The zero-order valence-corrected chi connectivity index (χ0v) is 26.3. The average molecular weight is 615 g/mol. The topological polar surface area (TPSA) is 79.9 Å². The molecular formula is C35H39ClN4O4. The molecule has 1 saturated heterocycles. The summed E-state index contributed by atoms with van der Waals surface area (Å²) in [5, 5.41) is 1.70. The molecule has 1 fully saturated rings. The molecule has 2 aromatic heterocycles. The molecule has 9 heteroatoms. The van der Waals surface area contributed by atoms with Gasteiger partial charge in [0.05, 0.1) is 19.9 Å². The number of anilines is 1. The van der Waals surface area contributed by atoms with Crippen LogP contribution in [0, 0.1) is 11.3 Å². The number of nitrogens with one attached hydrogen (secondary N) is 1. The number of carbonyl (C=O) groups excluding carboxylic acids is 1. The second-order valence-electron chi connectivity index (χ2n) is 12.1. The number of piperazine rings is 1. The highest BCUT2D eigenvalue weighted by Crippen LogP contribution is 2.44. The number of benzene rings is 2. The van der Waals surface area contributed by atoms with Crippen molar-refractivity contribution in [3.63, 3.8) is 0 Å². The first kappa shape index (κ1) is 30.2. The van der Waals surface area contributed by atoms with Crippen LogP contribution in [0.5, 0.6) is 11.5 Å². The molecule has 6 rings (SSSR count). The lowest BCUT2D eigenvalue weighted by molar-refractivity contribution is 0.0274. The molecule has 2 atom stereocenters. The Labute approximate surface area is 263 Å². The number of allylic oxidation sites excluding steroid dienone is 2. The molecule has 2 unspecified atom stereocenters. The normalized spacial score (nSPS) is 20.9. The first-order valence-electron chi connectivity index (χ1n) is 15.1. The van der Waals surface area contributed by atoms with Crippen molar-refractivity contribution in [2.75, 3.05) is 58.5 Å². The van der Waals surface area contributed by atoms with Crippen molar-refractivity contribution in [1.82, 2.24) is 14.9 Å². The van der Waals surface area contributed by atoms with Crippen LogP contribution in [0.2, 0.25) is 5.02 Å². The summed E-state index contributed by atoms with van der Waals surface area (Å²) in [7, 11) is 3.18. The quantitative estimate of drug-likeness (QED) is 0.202. The van der Waals surface area contributed by atoms with Gasteiger partial charge in [-0.25, -0.2) is 9.78 Å². The number of pyridine rings is 1. The average Bonchev–Trinajstić information content (AvgIpc) is 3.51. The summed E-state index contributed by atoms with van der Waals surface area (Å²) in [6.45, 7) is 7.77. The van der Waals surface area contributed by atoms with Gasteiger partial charge in [0.2, 0.25) is 0 Å². The van der Waals surface area contributed by atoms with Crippen molar-refractivity contribution in [3.05, 3.63) is 89.2 Å². The van der Waals surface area contributed by atoms with Gasteiger partial charge >= 0.3 is 5.97 Å². The third-order valence-corrected chi connectivity index (χ3v) is 9.40. The molecule has 8 nitrogen and oxygen atoms in total. The Kier molecular flexibility index (Phi) is 8.93. The van der Waals surface area contributed by atoms with Crippen molar-refractivity contribution < 1.29 is 19.0 Å². The van der Waals surface area contributed by atoms with E-state index in [0.29, 0.717) is 23.0 Å². The summed E-state index contributed by atoms with van der Waals surface area (Å²) in [4.78, 5) is 25.0. The third kappa shape index (κ3) is 6.48. The van der Waals surface area contributed by atoms with Gasteiger partial charge in [-0.05, 0) is 71.7 Å². The van der Waals surface area contributed by atoms with Crippen LogP contribution in [-0.4, -0.2) is 74.4 Å². The van der Waals surface area contributed by atoms with Gasteiger partial charge in [0.15, 0.2) is 0 Å². The minimum absolute atomic E-state index is 0.0794. The largest absolute Gasteiger partial charge is 0.465 e. The monoisotopic (exact) mass is 614 g/mol. The van der Waals surface area contributed by atoms with E-state index >= 15 is 0 Å². The number of rotatable bonds is 9. The molecule has 3 heterocycles. The molecule has 2 aromatic carbocycles. The number of aromatic amines is 1. The van der Waals surface area contributed by atoms with E-state index in [1.54, 1.807) is 19.4 Å². The van der Waals surface area contributed by atoms with E-state index in [2.05, 4.69) is 44.9 Å². The molecule has 2 aliphatic rings. The molecule has 0 spiro atoms. The maximum Gasteiger partial charge on any atom is 0.341 e. The fourth-order valence-corrected chi connectivity index (χ4v) is 6.61. The molecule has 230 valence electrons. The molecule has 1 N–H and O–H groups in total. The van der Waals surface area contributed by atoms with Gasteiger partial charge in [-0.15, -0.1) is 0 Å². The zero-order chi connectivity index (χ0) is 30.7. The van der Waals surface area contributed by atoms with Crippen LogP contribution in [0.15, 0.2) is 73.1 Å². The van der Waals surface area contributed by atoms with Crippen LogP contribution in [0.4, 0.5) is 5.69 Å². The summed E-state index contributed by atoms with van der Waals surface area (Å²) >= 11 is 6.16. The summed E-state index contributed by atoms with van der Waals surface area (Å²) < 4.78 is 17.0. The van der Waals surface area contributed by atoms with Gasteiger partial charge in [0.1, 0.15) is 22.7 Å². The lowest BCUT2D eigenvalue weighted by Crippen LogP contribution is -2.50. The SMILES string of the molecule is COCC1(C)CC=C(c2ccc(Cl)cc2)CC1CN1CCN(c2ccc(C(=O)OC)c(Oc3cnc4[nH]ccc4c3)c2)CC1. The van der Waals surface area contributed by atoms with Crippen molar-refractivity contribution in [1.29, 1.82) is 0 Å². The zero-order valence-electron chi connectivity index (χ0n) is 25.5. The molecular weight excluding hydrogens is 576 g/mol. The third-order valence-electron chi connectivity index (χ3n) is 9.15. The second kappa shape index (κ2) is 13.0. The van der Waals surface area contributed by atoms with Crippen LogP contribution in [0.1, 0.15) is 35.7 Å². The van der Waals surface area contributed by atoms with Gasteiger partial charge in [-0.3, -0.25) is 4.90 Å². The molecule has 0 saturated carbocycles. The van der Waals surface area contributed by atoms with Crippen molar-refractivity contribution in [2.24, 2.45) is 11.3 Å². The van der Waals surface area contributed by atoms with Crippen molar-refractivity contribution in [3.8, 4) is 11.5 Å². The molecule has 1 aliphatic carbocycles. The van der Waals surface area contributed by atoms with E-state index in [4.69, 9.17) is 25.8 Å².